The number of nitrogens with zero attached hydrogens (tertiary/aromatic N) is 2. The molecule has 0 radical (unpaired) electrons. The van der Waals surface area contributed by atoms with Crippen molar-refractivity contribution in [3.63, 3.8) is 0 Å². The minimum Gasteiger partial charge on any atom is -0.442 e. The zero-order chi connectivity index (χ0) is 18.9. The fourth-order valence-electron chi connectivity index (χ4n) is 2.73. The molecule has 1 aliphatic rings. The van der Waals surface area contributed by atoms with Crippen molar-refractivity contribution in [1.29, 1.82) is 0 Å². The number of ether oxygens (including phenoxy) is 1. The molecule has 2 amide bonds. The summed E-state index contributed by atoms with van der Waals surface area (Å²) in [5.41, 5.74) is 1.74. The number of rotatable bonds is 2. The van der Waals surface area contributed by atoms with Gasteiger partial charge < -0.3 is 9.64 Å². The van der Waals surface area contributed by atoms with Gasteiger partial charge in [0.25, 0.3) is 5.91 Å². The van der Waals surface area contributed by atoms with Crippen molar-refractivity contribution in [3.05, 3.63) is 64.1 Å². The zero-order valence-electron chi connectivity index (χ0n) is 14.8. The topological polar surface area (TPSA) is 59.0 Å². The minimum absolute atomic E-state index is 0.103. The Hall–Kier alpha value is -2.47. The molecule has 0 bridgehead atoms. The Balaban J connectivity index is 2.00. The SMILES string of the molecule is CC(C)(C)OC(=O)/N=C1\C(=O)N(Cc2ccccc2)c2c(Br)cccc21. The van der Waals surface area contributed by atoms with E-state index in [1.54, 1.807) is 31.7 Å². The maximum atomic E-state index is 13.0. The third kappa shape index (κ3) is 3.85. The zero-order valence-corrected chi connectivity index (χ0v) is 16.4. The molecular weight excluding hydrogens is 396 g/mol. The van der Waals surface area contributed by atoms with Gasteiger partial charge in [0.05, 0.1) is 12.2 Å². The predicted octanol–water partition coefficient (Wildman–Crippen LogP) is 4.72. The number of hydrogen-bond donors (Lipinski definition) is 0. The third-order valence-electron chi connectivity index (χ3n) is 3.74. The van der Waals surface area contributed by atoms with Gasteiger partial charge in [-0.3, -0.25) is 4.79 Å². The van der Waals surface area contributed by atoms with Crippen molar-refractivity contribution in [2.75, 3.05) is 4.90 Å². The second kappa shape index (κ2) is 7.03. The summed E-state index contributed by atoms with van der Waals surface area (Å²) in [5, 5.41) is 0. The van der Waals surface area contributed by atoms with Gasteiger partial charge in [-0.25, -0.2) is 4.79 Å². The minimum atomic E-state index is -0.770. The van der Waals surface area contributed by atoms with Crippen LogP contribution in [0.1, 0.15) is 31.9 Å². The summed E-state index contributed by atoms with van der Waals surface area (Å²) in [6.07, 6.45) is -0.770. The molecule has 0 aromatic heterocycles. The van der Waals surface area contributed by atoms with Crippen LogP contribution >= 0.6 is 15.9 Å². The fourth-order valence-corrected chi connectivity index (χ4v) is 3.31. The number of carbonyl (C=O) groups excluding carboxylic acids is 2. The maximum absolute atomic E-state index is 13.0. The van der Waals surface area contributed by atoms with Gasteiger partial charge >= 0.3 is 6.09 Å². The monoisotopic (exact) mass is 414 g/mol. The Kier molecular flexibility index (Phi) is 4.96. The lowest BCUT2D eigenvalue weighted by Gasteiger charge is -2.18. The van der Waals surface area contributed by atoms with Crippen LogP contribution in [0.5, 0.6) is 0 Å². The average molecular weight is 415 g/mol. The molecule has 2 aromatic carbocycles. The van der Waals surface area contributed by atoms with Crippen molar-refractivity contribution >= 4 is 39.3 Å². The molecule has 134 valence electrons. The number of amides is 2. The third-order valence-corrected chi connectivity index (χ3v) is 4.38. The molecule has 0 aliphatic carbocycles. The van der Waals surface area contributed by atoms with Gasteiger partial charge in [0.15, 0.2) is 0 Å². The largest absolute Gasteiger partial charge is 0.442 e. The first-order valence-corrected chi connectivity index (χ1v) is 9.02. The van der Waals surface area contributed by atoms with E-state index in [1.165, 1.54) is 0 Å². The Bertz CT molecular complexity index is 886. The highest BCUT2D eigenvalue weighted by Gasteiger charge is 2.36. The van der Waals surface area contributed by atoms with Crippen LogP contribution in [0.4, 0.5) is 10.5 Å². The van der Waals surface area contributed by atoms with Crippen LogP contribution in [0, 0.1) is 0 Å². The van der Waals surface area contributed by atoms with Gasteiger partial charge in [-0.1, -0.05) is 42.5 Å². The van der Waals surface area contributed by atoms with E-state index in [-0.39, 0.29) is 11.6 Å². The van der Waals surface area contributed by atoms with Crippen molar-refractivity contribution in [1.82, 2.24) is 0 Å². The Labute approximate surface area is 160 Å². The summed E-state index contributed by atoms with van der Waals surface area (Å²) in [4.78, 5) is 30.7. The fraction of sp³-hybridized carbons (Fsp3) is 0.250. The second-order valence-corrected chi connectivity index (χ2v) is 7.81. The normalized spacial score (nSPS) is 15.3. The van der Waals surface area contributed by atoms with E-state index in [0.717, 1.165) is 10.0 Å². The standard InChI is InChI=1S/C20H19BrN2O3/c1-20(2,3)26-19(25)22-16-14-10-7-11-15(21)17(14)23(18(16)24)12-13-8-5-4-6-9-13/h4-11H,12H2,1-3H3/b22-16-. The van der Waals surface area contributed by atoms with Gasteiger partial charge in [0, 0.05) is 10.0 Å². The molecule has 0 saturated carbocycles. The molecule has 5 nitrogen and oxygen atoms in total. The molecule has 26 heavy (non-hydrogen) atoms. The van der Waals surface area contributed by atoms with E-state index in [9.17, 15) is 9.59 Å². The van der Waals surface area contributed by atoms with E-state index in [4.69, 9.17) is 4.74 Å². The first-order valence-electron chi connectivity index (χ1n) is 8.22. The Morgan fingerprint density at radius 1 is 1.12 bits per heavy atom. The van der Waals surface area contributed by atoms with Gasteiger partial charge in [-0.15, -0.1) is 0 Å². The first-order chi connectivity index (χ1) is 12.3. The van der Waals surface area contributed by atoms with Gasteiger partial charge in [-0.2, -0.15) is 4.99 Å². The van der Waals surface area contributed by atoms with Crippen LogP contribution in [0.25, 0.3) is 0 Å². The number of hydrogen-bond acceptors (Lipinski definition) is 3. The van der Waals surface area contributed by atoms with Crippen molar-refractivity contribution in [3.8, 4) is 0 Å². The number of fused-ring (bicyclic) bond motifs is 1. The van der Waals surface area contributed by atoms with E-state index >= 15 is 0 Å². The molecule has 0 unspecified atom stereocenters. The molecule has 3 rings (SSSR count). The van der Waals surface area contributed by atoms with Gasteiger partial charge in [0.1, 0.15) is 11.3 Å². The van der Waals surface area contributed by atoms with Crippen molar-refractivity contribution in [2.45, 2.75) is 32.9 Å². The number of halogens is 1. The summed E-state index contributed by atoms with van der Waals surface area (Å²) in [7, 11) is 0. The number of benzene rings is 2. The molecule has 0 atom stereocenters. The molecule has 0 saturated heterocycles. The smallest absolute Gasteiger partial charge is 0.434 e. The van der Waals surface area contributed by atoms with Crippen LogP contribution in [-0.2, 0) is 16.1 Å². The highest BCUT2D eigenvalue weighted by Crippen LogP contribution is 2.37. The van der Waals surface area contributed by atoms with Gasteiger partial charge in [0.2, 0.25) is 0 Å². The summed E-state index contributed by atoms with van der Waals surface area (Å²) in [5.74, 6) is -0.318. The van der Waals surface area contributed by atoms with Crippen LogP contribution in [0.3, 0.4) is 0 Å². The molecule has 0 fully saturated rings. The highest BCUT2D eigenvalue weighted by molar-refractivity contribution is 9.10. The summed E-state index contributed by atoms with van der Waals surface area (Å²) >= 11 is 3.51. The van der Waals surface area contributed by atoms with Crippen LogP contribution < -0.4 is 4.90 Å². The van der Waals surface area contributed by atoms with E-state index in [2.05, 4.69) is 20.9 Å². The number of para-hydroxylation sites is 1. The molecular formula is C20H19BrN2O3. The summed E-state index contributed by atoms with van der Waals surface area (Å²) < 4.78 is 6.01. The number of aliphatic imine (C=N–C) groups is 1. The van der Waals surface area contributed by atoms with Crippen molar-refractivity contribution in [2.24, 2.45) is 4.99 Å². The highest BCUT2D eigenvalue weighted by atomic mass is 79.9. The number of anilines is 1. The molecule has 1 heterocycles. The summed E-state index contributed by atoms with van der Waals surface area (Å²) in [6, 6.07) is 15.1. The van der Waals surface area contributed by atoms with E-state index in [1.807, 2.05) is 42.5 Å². The lowest BCUT2D eigenvalue weighted by atomic mass is 10.1. The molecule has 2 aromatic rings. The maximum Gasteiger partial charge on any atom is 0.434 e. The molecule has 0 spiro atoms. The lowest BCUT2D eigenvalue weighted by molar-refractivity contribution is -0.112. The Morgan fingerprint density at radius 3 is 2.46 bits per heavy atom. The average Bonchev–Trinajstić information content (AvgIpc) is 2.81. The van der Waals surface area contributed by atoms with Gasteiger partial charge in [-0.05, 0) is 48.3 Å². The molecule has 0 N–H and O–H groups in total. The van der Waals surface area contributed by atoms with E-state index in [0.29, 0.717) is 17.8 Å². The molecule has 1 aliphatic heterocycles. The predicted molar refractivity (Wildman–Crippen MR) is 105 cm³/mol. The second-order valence-electron chi connectivity index (χ2n) is 6.95. The van der Waals surface area contributed by atoms with Crippen LogP contribution in [0.2, 0.25) is 0 Å². The van der Waals surface area contributed by atoms with Crippen LogP contribution in [-0.4, -0.2) is 23.3 Å². The van der Waals surface area contributed by atoms with Crippen LogP contribution in [0.15, 0.2) is 58.0 Å². The first kappa shape index (κ1) is 18.3. The quantitative estimate of drug-likeness (QED) is 0.713. The van der Waals surface area contributed by atoms with E-state index < -0.39 is 11.7 Å². The molecule has 6 heteroatoms. The number of carbonyl (C=O) groups is 2. The van der Waals surface area contributed by atoms with Crippen molar-refractivity contribution < 1.29 is 14.3 Å². The summed E-state index contributed by atoms with van der Waals surface area (Å²) in [6.45, 7) is 5.66. The Morgan fingerprint density at radius 2 is 1.81 bits per heavy atom. The lowest BCUT2D eigenvalue weighted by Crippen LogP contribution is -2.30.